The fourth-order valence-electron chi connectivity index (χ4n) is 2.59. The molecule has 1 aliphatic rings. The van der Waals surface area contributed by atoms with E-state index in [2.05, 4.69) is 10.2 Å². The number of amides is 1. The highest BCUT2D eigenvalue weighted by Crippen LogP contribution is 2.22. The fourth-order valence-corrected chi connectivity index (χ4v) is 2.76. The van der Waals surface area contributed by atoms with Gasteiger partial charge in [0.05, 0.1) is 11.0 Å². The molecule has 0 bridgehead atoms. The van der Waals surface area contributed by atoms with Crippen LogP contribution in [0.15, 0.2) is 18.2 Å². The van der Waals surface area contributed by atoms with Gasteiger partial charge >= 0.3 is 0 Å². The number of nitro groups is 1. The van der Waals surface area contributed by atoms with Crippen LogP contribution in [0.4, 0.5) is 5.69 Å². The van der Waals surface area contributed by atoms with Gasteiger partial charge in [-0.25, -0.2) is 0 Å². The largest absolute Gasteiger partial charge is 0.393 e. The molecular weight excluding hydrogens is 322 g/mol. The van der Waals surface area contributed by atoms with Crippen molar-refractivity contribution in [2.75, 3.05) is 26.2 Å². The Morgan fingerprint density at radius 3 is 2.78 bits per heavy atom. The first-order chi connectivity index (χ1) is 11.0. The molecule has 0 aromatic heterocycles. The number of nitro benzene ring substituents is 1. The molecule has 0 spiro atoms. The lowest BCUT2D eigenvalue weighted by Crippen LogP contribution is -2.37. The van der Waals surface area contributed by atoms with Crippen LogP contribution in [-0.2, 0) is 0 Å². The highest BCUT2D eigenvalue weighted by molar-refractivity contribution is 6.31. The lowest BCUT2D eigenvalue weighted by molar-refractivity contribution is -0.385. The molecule has 1 aliphatic heterocycles. The topological polar surface area (TPSA) is 95.7 Å². The fraction of sp³-hybridized carbons (Fsp3) is 0.533. The Morgan fingerprint density at radius 1 is 1.43 bits per heavy atom. The van der Waals surface area contributed by atoms with Crippen LogP contribution in [-0.4, -0.2) is 53.1 Å². The Kier molecular flexibility index (Phi) is 6.32. The number of carbonyl (C=O) groups is 1. The van der Waals surface area contributed by atoms with Crippen molar-refractivity contribution in [3.63, 3.8) is 0 Å². The Balaban J connectivity index is 1.81. The Bertz CT molecular complexity index is 574. The summed E-state index contributed by atoms with van der Waals surface area (Å²) < 4.78 is 0. The first-order valence-corrected chi connectivity index (χ1v) is 7.97. The molecule has 126 valence electrons. The van der Waals surface area contributed by atoms with Gasteiger partial charge in [0.15, 0.2) is 0 Å². The normalized spacial score (nSPS) is 16.3. The first-order valence-electron chi connectivity index (χ1n) is 7.60. The number of nitrogens with zero attached hydrogens (tertiary/aromatic N) is 2. The Labute approximate surface area is 139 Å². The quantitative estimate of drug-likeness (QED) is 0.467. The summed E-state index contributed by atoms with van der Waals surface area (Å²) in [4.78, 5) is 24.7. The molecule has 7 nitrogen and oxygen atoms in total. The van der Waals surface area contributed by atoms with Crippen LogP contribution >= 0.6 is 11.6 Å². The maximum Gasteiger partial charge on any atom is 0.282 e. The highest BCUT2D eigenvalue weighted by atomic mass is 35.5. The van der Waals surface area contributed by atoms with Gasteiger partial charge in [-0.15, -0.1) is 0 Å². The summed E-state index contributed by atoms with van der Waals surface area (Å²) in [5, 5.41) is 23.4. The van der Waals surface area contributed by atoms with E-state index in [0.717, 1.165) is 38.9 Å². The molecule has 1 heterocycles. The van der Waals surface area contributed by atoms with E-state index in [4.69, 9.17) is 11.6 Å². The SMILES string of the molecule is O=C(NCCCN1CCC(O)CC1)c1cc(Cl)ccc1[N+](=O)[O-]. The third kappa shape index (κ3) is 5.16. The summed E-state index contributed by atoms with van der Waals surface area (Å²) in [5.41, 5.74) is -0.277. The van der Waals surface area contributed by atoms with E-state index < -0.39 is 10.8 Å². The molecular formula is C15H20ClN3O4. The van der Waals surface area contributed by atoms with Crippen molar-refractivity contribution in [1.29, 1.82) is 0 Å². The second-order valence-corrected chi connectivity index (χ2v) is 6.04. The van der Waals surface area contributed by atoms with E-state index in [1.807, 2.05) is 0 Å². The zero-order chi connectivity index (χ0) is 16.8. The minimum Gasteiger partial charge on any atom is -0.393 e. The van der Waals surface area contributed by atoms with Crippen molar-refractivity contribution in [1.82, 2.24) is 10.2 Å². The molecule has 1 saturated heterocycles. The Morgan fingerprint density at radius 2 is 2.13 bits per heavy atom. The highest BCUT2D eigenvalue weighted by Gasteiger charge is 2.20. The van der Waals surface area contributed by atoms with Gasteiger partial charge in [-0.05, 0) is 37.9 Å². The number of halogens is 1. The number of benzene rings is 1. The molecule has 0 saturated carbocycles. The van der Waals surface area contributed by atoms with Crippen LogP contribution in [0.25, 0.3) is 0 Å². The first kappa shape index (κ1) is 17.7. The maximum atomic E-state index is 12.1. The number of rotatable bonds is 6. The molecule has 1 aromatic rings. The van der Waals surface area contributed by atoms with E-state index in [9.17, 15) is 20.0 Å². The summed E-state index contributed by atoms with van der Waals surface area (Å²) in [6.07, 6.45) is 2.10. The van der Waals surface area contributed by atoms with E-state index in [1.165, 1.54) is 18.2 Å². The third-order valence-corrected chi connectivity index (χ3v) is 4.13. The summed E-state index contributed by atoms with van der Waals surface area (Å²) in [6.45, 7) is 2.97. The van der Waals surface area contributed by atoms with Crippen molar-refractivity contribution in [3.8, 4) is 0 Å². The predicted molar refractivity (Wildman–Crippen MR) is 86.7 cm³/mol. The molecule has 0 radical (unpaired) electrons. The average Bonchev–Trinajstić information content (AvgIpc) is 2.52. The number of piperidine rings is 1. The lowest BCUT2D eigenvalue weighted by Gasteiger charge is -2.29. The average molecular weight is 342 g/mol. The summed E-state index contributed by atoms with van der Waals surface area (Å²) in [5.74, 6) is -0.492. The van der Waals surface area contributed by atoms with Gasteiger partial charge in [0.1, 0.15) is 5.56 Å². The zero-order valence-electron chi connectivity index (χ0n) is 12.7. The van der Waals surface area contributed by atoms with Gasteiger partial charge in [0.25, 0.3) is 11.6 Å². The summed E-state index contributed by atoms with van der Waals surface area (Å²) >= 11 is 5.81. The molecule has 0 aliphatic carbocycles. The van der Waals surface area contributed by atoms with Gasteiger partial charge in [0.2, 0.25) is 0 Å². The minimum absolute atomic E-state index is 0.0244. The molecule has 1 amide bonds. The third-order valence-electron chi connectivity index (χ3n) is 3.89. The number of aliphatic hydroxyl groups excluding tert-OH is 1. The molecule has 1 aromatic carbocycles. The Hall–Kier alpha value is -1.70. The second kappa shape index (κ2) is 8.24. The number of nitrogens with one attached hydrogen (secondary N) is 1. The number of carbonyl (C=O) groups excluding carboxylic acids is 1. The molecule has 8 heteroatoms. The smallest absolute Gasteiger partial charge is 0.282 e. The number of aliphatic hydroxyl groups is 1. The van der Waals surface area contributed by atoms with E-state index >= 15 is 0 Å². The van der Waals surface area contributed by atoms with E-state index in [-0.39, 0.29) is 22.4 Å². The van der Waals surface area contributed by atoms with Crippen molar-refractivity contribution in [3.05, 3.63) is 38.9 Å². The number of hydrogen-bond donors (Lipinski definition) is 2. The van der Waals surface area contributed by atoms with Gasteiger partial charge < -0.3 is 15.3 Å². The van der Waals surface area contributed by atoms with Gasteiger partial charge in [-0.1, -0.05) is 11.6 Å². The van der Waals surface area contributed by atoms with Crippen molar-refractivity contribution in [2.24, 2.45) is 0 Å². The van der Waals surface area contributed by atoms with Crippen LogP contribution < -0.4 is 5.32 Å². The predicted octanol–water partition coefficient (Wildman–Crippen LogP) is 1.82. The molecule has 23 heavy (non-hydrogen) atoms. The maximum absolute atomic E-state index is 12.1. The van der Waals surface area contributed by atoms with Gasteiger partial charge in [-0.2, -0.15) is 0 Å². The molecule has 0 unspecified atom stereocenters. The molecule has 0 atom stereocenters. The molecule has 2 N–H and O–H groups in total. The zero-order valence-corrected chi connectivity index (χ0v) is 13.5. The van der Waals surface area contributed by atoms with Crippen molar-refractivity contribution in [2.45, 2.75) is 25.4 Å². The van der Waals surface area contributed by atoms with Gasteiger partial charge in [0, 0.05) is 30.7 Å². The van der Waals surface area contributed by atoms with Crippen LogP contribution in [0.5, 0.6) is 0 Å². The number of likely N-dealkylation sites (tertiary alicyclic amines) is 1. The van der Waals surface area contributed by atoms with Gasteiger partial charge in [-0.3, -0.25) is 14.9 Å². The van der Waals surface area contributed by atoms with Crippen LogP contribution in [0.1, 0.15) is 29.6 Å². The van der Waals surface area contributed by atoms with Crippen molar-refractivity contribution < 1.29 is 14.8 Å². The lowest BCUT2D eigenvalue weighted by atomic mass is 10.1. The second-order valence-electron chi connectivity index (χ2n) is 5.60. The summed E-state index contributed by atoms with van der Waals surface area (Å²) in [6, 6.07) is 3.93. The van der Waals surface area contributed by atoms with Crippen LogP contribution in [0, 0.1) is 10.1 Å². The van der Waals surface area contributed by atoms with Crippen LogP contribution in [0.3, 0.4) is 0 Å². The monoisotopic (exact) mass is 341 g/mol. The van der Waals surface area contributed by atoms with Crippen LogP contribution in [0.2, 0.25) is 5.02 Å². The van der Waals surface area contributed by atoms with E-state index in [0.29, 0.717) is 6.54 Å². The molecule has 1 fully saturated rings. The van der Waals surface area contributed by atoms with E-state index in [1.54, 1.807) is 0 Å². The standard InChI is InChI=1S/C15H20ClN3O4/c16-11-2-3-14(19(22)23)13(10-11)15(21)17-6-1-7-18-8-4-12(20)5-9-18/h2-3,10,12,20H,1,4-9H2,(H,17,21). The molecule has 2 rings (SSSR count). The summed E-state index contributed by atoms with van der Waals surface area (Å²) in [7, 11) is 0. The van der Waals surface area contributed by atoms with Crippen molar-refractivity contribution >= 4 is 23.2 Å². The minimum atomic E-state index is -0.593. The number of hydrogen-bond acceptors (Lipinski definition) is 5.